The van der Waals surface area contributed by atoms with Crippen LogP contribution in [-0.2, 0) is 12.4 Å². The lowest BCUT2D eigenvalue weighted by molar-refractivity contribution is 0.0786. The number of amides is 1. The third-order valence-corrected chi connectivity index (χ3v) is 4.37. The number of aryl methyl sites for hydroxylation is 1. The Morgan fingerprint density at radius 1 is 1.26 bits per heavy atom. The van der Waals surface area contributed by atoms with Crippen molar-refractivity contribution in [2.75, 3.05) is 7.05 Å². The average molecular weight is 294 g/mol. The lowest BCUT2D eigenvalue weighted by Crippen LogP contribution is -2.26. The van der Waals surface area contributed by atoms with Crippen molar-refractivity contribution in [3.8, 4) is 0 Å². The number of benzene rings is 1. The van der Waals surface area contributed by atoms with E-state index in [4.69, 9.17) is 11.6 Å². The van der Waals surface area contributed by atoms with Crippen LogP contribution in [0.5, 0.6) is 0 Å². The molecular formula is C15H16ClNOS. The normalized spacial score (nSPS) is 10.5. The molecule has 100 valence electrons. The maximum atomic E-state index is 12.3. The van der Waals surface area contributed by atoms with Gasteiger partial charge in [-0.1, -0.05) is 12.1 Å². The minimum atomic E-state index is 0.0360. The summed E-state index contributed by atoms with van der Waals surface area (Å²) in [6.07, 6.45) is 0. The Bertz CT molecular complexity index is 562. The molecule has 0 aliphatic carbocycles. The van der Waals surface area contributed by atoms with Gasteiger partial charge in [0.2, 0.25) is 0 Å². The SMILES string of the molecule is Cc1ccsc1CN(C)C(=O)c1ccc(CCl)cc1. The van der Waals surface area contributed by atoms with Crippen molar-refractivity contribution in [1.29, 1.82) is 0 Å². The smallest absolute Gasteiger partial charge is 0.253 e. The molecule has 4 heteroatoms. The van der Waals surface area contributed by atoms with Crippen LogP contribution in [0.4, 0.5) is 0 Å². The predicted octanol–water partition coefficient (Wildman–Crippen LogP) is 4.07. The summed E-state index contributed by atoms with van der Waals surface area (Å²) in [6.45, 7) is 2.72. The van der Waals surface area contributed by atoms with Gasteiger partial charge in [0.05, 0.1) is 6.54 Å². The van der Waals surface area contributed by atoms with Crippen molar-refractivity contribution in [3.05, 3.63) is 57.3 Å². The Morgan fingerprint density at radius 2 is 1.95 bits per heavy atom. The fourth-order valence-electron chi connectivity index (χ4n) is 1.81. The average Bonchev–Trinajstić information content (AvgIpc) is 2.83. The largest absolute Gasteiger partial charge is 0.337 e. The first-order chi connectivity index (χ1) is 9.11. The number of hydrogen-bond donors (Lipinski definition) is 0. The molecule has 0 fully saturated rings. The summed E-state index contributed by atoms with van der Waals surface area (Å²) in [4.78, 5) is 15.3. The summed E-state index contributed by atoms with van der Waals surface area (Å²) >= 11 is 7.42. The molecule has 0 spiro atoms. The highest BCUT2D eigenvalue weighted by Crippen LogP contribution is 2.18. The molecule has 19 heavy (non-hydrogen) atoms. The van der Waals surface area contributed by atoms with E-state index in [1.807, 2.05) is 31.3 Å². The lowest BCUT2D eigenvalue weighted by atomic mass is 10.1. The van der Waals surface area contributed by atoms with Gasteiger partial charge in [0.1, 0.15) is 0 Å². The quantitative estimate of drug-likeness (QED) is 0.778. The molecule has 0 saturated heterocycles. The van der Waals surface area contributed by atoms with Crippen LogP contribution in [0.15, 0.2) is 35.7 Å². The number of carbonyl (C=O) groups is 1. The minimum absolute atomic E-state index is 0.0360. The van der Waals surface area contributed by atoms with Gasteiger partial charge < -0.3 is 4.90 Å². The van der Waals surface area contributed by atoms with Crippen LogP contribution in [0.3, 0.4) is 0 Å². The van der Waals surface area contributed by atoms with Crippen LogP contribution >= 0.6 is 22.9 Å². The van der Waals surface area contributed by atoms with Gasteiger partial charge in [0.25, 0.3) is 5.91 Å². The van der Waals surface area contributed by atoms with Crippen LogP contribution < -0.4 is 0 Å². The van der Waals surface area contributed by atoms with E-state index in [-0.39, 0.29) is 5.91 Å². The summed E-state index contributed by atoms with van der Waals surface area (Å²) < 4.78 is 0. The highest BCUT2D eigenvalue weighted by molar-refractivity contribution is 7.10. The van der Waals surface area contributed by atoms with E-state index in [1.54, 1.807) is 16.2 Å². The Hall–Kier alpha value is -1.32. The summed E-state index contributed by atoms with van der Waals surface area (Å²) in [5.41, 5.74) is 2.96. The van der Waals surface area contributed by atoms with Gasteiger partial charge in [-0.05, 0) is 41.6 Å². The van der Waals surface area contributed by atoms with Crippen molar-refractivity contribution >= 4 is 28.8 Å². The second kappa shape index (κ2) is 6.22. The van der Waals surface area contributed by atoms with Gasteiger partial charge in [-0.2, -0.15) is 0 Å². The van der Waals surface area contributed by atoms with Gasteiger partial charge in [-0.3, -0.25) is 4.79 Å². The Morgan fingerprint density at radius 3 is 2.47 bits per heavy atom. The van der Waals surface area contributed by atoms with E-state index in [9.17, 15) is 4.79 Å². The number of nitrogens with zero attached hydrogens (tertiary/aromatic N) is 1. The van der Waals surface area contributed by atoms with Crippen LogP contribution in [0.1, 0.15) is 26.4 Å². The molecule has 0 unspecified atom stereocenters. The van der Waals surface area contributed by atoms with Crippen molar-refractivity contribution in [2.24, 2.45) is 0 Å². The maximum Gasteiger partial charge on any atom is 0.253 e. The molecule has 0 aliphatic rings. The maximum absolute atomic E-state index is 12.3. The lowest BCUT2D eigenvalue weighted by Gasteiger charge is -2.17. The summed E-state index contributed by atoms with van der Waals surface area (Å²) in [5, 5.41) is 2.05. The van der Waals surface area contributed by atoms with E-state index < -0.39 is 0 Å². The van der Waals surface area contributed by atoms with Gasteiger partial charge in [-0.25, -0.2) is 0 Å². The number of carbonyl (C=O) groups excluding carboxylic acids is 1. The third-order valence-electron chi connectivity index (χ3n) is 3.05. The molecule has 1 amide bonds. The number of hydrogen-bond acceptors (Lipinski definition) is 2. The molecule has 1 heterocycles. The van der Waals surface area contributed by atoms with E-state index >= 15 is 0 Å². The van der Waals surface area contributed by atoms with Gasteiger partial charge in [0.15, 0.2) is 0 Å². The first kappa shape index (κ1) is 14.1. The summed E-state index contributed by atoms with van der Waals surface area (Å²) in [5.74, 6) is 0.507. The molecule has 1 aromatic heterocycles. The first-order valence-electron chi connectivity index (χ1n) is 6.05. The highest BCUT2D eigenvalue weighted by atomic mass is 35.5. The van der Waals surface area contributed by atoms with E-state index in [0.29, 0.717) is 18.0 Å². The minimum Gasteiger partial charge on any atom is -0.337 e. The Balaban J connectivity index is 2.08. The Kier molecular flexibility index (Phi) is 4.61. The molecular weight excluding hydrogens is 278 g/mol. The first-order valence-corrected chi connectivity index (χ1v) is 7.46. The van der Waals surface area contributed by atoms with Crippen molar-refractivity contribution in [2.45, 2.75) is 19.3 Å². The van der Waals surface area contributed by atoms with Crippen LogP contribution in [0.25, 0.3) is 0 Å². The Labute approximate surface area is 122 Å². The zero-order valence-corrected chi connectivity index (χ0v) is 12.6. The van der Waals surface area contributed by atoms with Crippen LogP contribution in [0.2, 0.25) is 0 Å². The molecule has 1 aromatic carbocycles. The molecule has 2 rings (SSSR count). The fourth-order valence-corrected chi connectivity index (χ4v) is 2.95. The highest BCUT2D eigenvalue weighted by Gasteiger charge is 2.13. The summed E-state index contributed by atoms with van der Waals surface area (Å²) in [6, 6.07) is 9.53. The summed E-state index contributed by atoms with van der Waals surface area (Å²) in [7, 11) is 1.83. The van der Waals surface area contributed by atoms with Crippen molar-refractivity contribution < 1.29 is 4.79 Å². The van der Waals surface area contributed by atoms with Crippen LogP contribution in [-0.4, -0.2) is 17.9 Å². The standard InChI is InChI=1S/C15H16ClNOS/c1-11-7-8-19-14(11)10-17(2)15(18)13-5-3-12(9-16)4-6-13/h3-8H,9-10H2,1-2H3. The molecule has 0 N–H and O–H groups in total. The zero-order valence-electron chi connectivity index (χ0n) is 11.0. The second-order valence-corrected chi connectivity index (χ2v) is 5.79. The van der Waals surface area contributed by atoms with Gasteiger partial charge >= 0.3 is 0 Å². The zero-order chi connectivity index (χ0) is 13.8. The number of thiophene rings is 1. The van der Waals surface area contributed by atoms with Crippen molar-refractivity contribution in [3.63, 3.8) is 0 Å². The molecule has 0 saturated carbocycles. The predicted molar refractivity (Wildman–Crippen MR) is 80.9 cm³/mol. The third kappa shape index (κ3) is 3.37. The second-order valence-electron chi connectivity index (χ2n) is 4.52. The molecule has 0 radical (unpaired) electrons. The fraction of sp³-hybridized carbons (Fsp3) is 0.267. The van der Waals surface area contributed by atoms with Crippen LogP contribution in [0, 0.1) is 6.92 Å². The molecule has 2 aromatic rings. The number of halogens is 1. The molecule has 2 nitrogen and oxygen atoms in total. The van der Waals surface area contributed by atoms with E-state index in [0.717, 1.165) is 5.56 Å². The molecule has 0 aliphatic heterocycles. The van der Waals surface area contributed by atoms with Gasteiger partial charge in [0, 0.05) is 23.4 Å². The molecule has 0 bridgehead atoms. The molecule has 0 atom stereocenters. The van der Waals surface area contributed by atoms with Gasteiger partial charge in [-0.15, -0.1) is 22.9 Å². The van der Waals surface area contributed by atoms with Crippen molar-refractivity contribution in [1.82, 2.24) is 4.90 Å². The topological polar surface area (TPSA) is 20.3 Å². The number of rotatable bonds is 4. The number of alkyl halides is 1. The van der Waals surface area contributed by atoms with E-state index in [1.165, 1.54) is 10.4 Å². The monoisotopic (exact) mass is 293 g/mol. The van der Waals surface area contributed by atoms with E-state index in [2.05, 4.69) is 18.4 Å².